The van der Waals surface area contributed by atoms with E-state index in [1.54, 1.807) is 6.26 Å². The normalized spacial score (nSPS) is 15.6. The fourth-order valence-corrected chi connectivity index (χ4v) is 1.32. The summed E-state index contributed by atoms with van der Waals surface area (Å²) in [5, 5.41) is 0. The van der Waals surface area contributed by atoms with Crippen LogP contribution in [0, 0.1) is 5.41 Å². The van der Waals surface area contributed by atoms with Gasteiger partial charge in [-0.1, -0.05) is 19.1 Å². The molecule has 0 aliphatic carbocycles. The minimum atomic E-state index is -0.437. The maximum Gasteiger partial charge on any atom is 0.130 e. The van der Waals surface area contributed by atoms with Crippen LogP contribution in [-0.4, -0.2) is 6.29 Å². The maximum absolute atomic E-state index is 11.0. The highest BCUT2D eigenvalue weighted by atomic mass is 16.3. The first-order chi connectivity index (χ1) is 6.70. The van der Waals surface area contributed by atoms with Gasteiger partial charge in [-0.3, -0.25) is 0 Å². The number of aldehydes is 1. The van der Waals surface area contributed by atoms with Gasteiger partial charge in [0.05, 0.1) is 6.26 Å². The third kappa shape index (κ3) is 2.87. The van der Waals surface area contributed by atoms with Crippen LogP contribution in [-0.2, 0) is 11.2 Å². The molecule has 0 amide bonds. The lowest BCUT2D eigenvalue weighted by Crippen LogP contribution is -2.18. The number of hydrogen-bond acceptors (Lipinski definition) is 2. The van der Waals surface area contributed by atoms with Crippen LogP contribution in [0.2, 0.25) is 0 Å². The summed E-state index contributed by atoms with van der Waals surface area (Å²) in [5.41, 5.74) is -0.437. The average molecular weight is 192 g/mol. The summed E-state index contributed by atoms with van der Waals surface area (Å²) < 4.78 is 5.22. The van der Waals surface area contributed by atoms with E-state index >= 15 is 0 Å². The summed E-state index contributed by atoms with van der Waals surface area (Å²) in [6.07, 6.45) is 8.13. The zero-order chi connectivity index (χ0) is 10.4. The Morgan fingerprint density at radius 3 is 2.86 bits per heavy atom. The monoisotopic (exact) mass is 192 g/mol. The van der Waals surface area contributed by atoms with Crippen molar-refractivity contribution in [3.8, 4) is 0 Å². The Labute approximate surface area is 84.6 Å². The number of carbonyl (C=O) groups is 1. The quantitative estimate of drug-likeness (QED) is 0.530. The molecule has 1 unspecified atom stereocenters. The van der Waals surface area contributed by atoms with E-state index in [1.165, 1.54) is 0 Å². The molecule has 0 N–H and O–H groups in total. The van der Waals surface area contributed by atoms with E-state index in [0.717, 1.165) is 18.5 Å². The number of allylic oxidation sites excluding steroid dienone is 2. The molecule has 0 saturated carbocycles. The number of rotatable bonds is 5. The van der Waals surface area contributed by atoms with Gasteiger partial charge in [0.2, 0.25) is 0 Å². The summed E-state index contributed by atoms with van der Waals surface area (Å²) in [4.78, 5) is 11.0. The van der Waals surface area contributed by atoms with E-state index in [4.69, 9.17) is 4.42 Å². The van der Waals surface area contributed by atoms with Crippen molar-refractivity contribution in [1.82, 2.24) is 0 Å². The topological polar surface area (TPSA) is 30.2 Å². The summed E-state index contributed by atoms with van der Waals surface area (Å²) in [6.45, 7) is 3.96. The molecule has 0 aliphatic rings. The van der Waals surface area contributed by atoms with Crippen LogP contribution in [0.25, 0.3) is 0 Å². The minimum absolute atomic E-state index is 0.437. The predicted molar refractivity (Wildman–Crippen MR) is 56.0 cm³/mol. The Balaban J connectivity index is 2.70. The van der Waals surface area contributed by atoms with Gasteiger partial charge in [0.15, 0.2) is 0 Å². The molecule has 2 nitrogen and oxygen atoms in total. The first-order valence-electron chi connectivity index (χ1n) is 4.86. The molecule has 0 aliphatic heterocycles. The van der Waals surface area contributed by atoms with Gasteiger partial charge < -0.3 is 9.21 Å². The van der Waals surface area contributed by atoms with Crippen molar-refractivity contribution < 1.29 is 9.21 Å². The molecule has 2 heteroatoms. The van der Waals surface area contributed by atoms with Crippen molar-refractivity contribution in [3.63, 3.8) is 0 Å². The van der Waals surface area contributed by atoms with Gasteiger partial charge in [-0.2, -0.15) is 0 Å². The van der Waals surface area contributed by atoms with Crippen LogP contribution in [0.5, 0.6) is 0 Å². The van der Waals surface area contributed by atoms with Crippen molar-refractivity contribution >= 4 is 6.29 Å². The van der Waals surface area contributed by atoms with Crippen LogP contribution >= 0.6 is 0 Å². The second kappa shape index (κ2) is 4.80. The zero-order valence-electron chi connectivity index (χ0n) is 8.69. The third-order valence-electron chi connectivity index (χ3n) is 2.14. The lowest BCUT2D eigenvalue weighted by molar-refractivity contribution is -0.113. The highest BCUT2D eigenvalue weighted by Gasteiger charge is 2.21. The number of hydrogen-bond donors (Lipinski definition) is 0. The van der Waals surface area contributed by atoms with Crippen molar-refractivity contribution in [1.29, 1.82) is 0 Å². The Hall–Kier alpha value is -1.31. The maximum atomic E-state index is 11.0. The van der Waals surface area contributed by atoms with Crippen LogP contribution in [0.15, 0.2) is 35.0 Å². The highest BCUT2D eigenvalue weighted by molar-refractivity contribution is 5.62. The van der Waals surface area contributed by atoms with Gasteiger partial charge in [-0.15, -0.1) is 0 Å². The van der Waals surface area contributed by atoms with Crippen LogP contribution < -0.4 is 0 Å². The molecular formula is C12H16O2. The van der Waals surface area contributed by atoms with Crippen molar-refractivity contribution in [2.45, 2.75) is 26.7 Å². The second-order valence-corrected chi connectivity index (χ2v) is 3.69. The summed E-state index contributed by atoms with van der Waals surface area (Å²) in [7, 11) is 0. The van der Waals surface area contributed by atoms with Crippen LogP contribution in [0.3, 0.4) is 0 Å². The van der Waals surface area contributed by atoms with Gasteiger partial charge in [-0.25, -0.2) is 0 Å². The summed E-state index contributed by atoms with van der Waals surface area (Å²) in [6, 6.07) is 3.73. The molecular weight excluding hydrogens is 176 g/mol. The van der Waals surface area contributed by atoms with E-state index in [1.807, 2.05) is 31.2 Å². The van der Waals surface area contributed by atoms with Crippen molar-refractivity contribution in [3.05, 3.63) is 36.3 Å². The highest BCUT2D eigenvalue weighted by Crippen LogP contribution is 2.22. The molecule has 14 heavy (non-hydrogen) atoms. The van der Waals surface area contributed by atoms with E-state index < -0.39 is 5.41 Å². The summed E-state index contributed by atoms with van der Waals surface area (Å²) in [5.74, 6) is 0.848. The fraction of sp³-hybridized carbons (Fsp3) is 0.417. The number of furan rings is 1. The van der Waals surface area contributed by atoms with E-state index in [9.17, 15) is 4.79 Å². The second-order valence-electron chi connectivity index (χ2n) is 3.69. The van der Waals surface area contributed by atoms with Gasteiger partial charge >= 0.3 is 0 Å². The molecule has 1 heterocycles. The van der Waals surface area contributed by atoms with Gasteiger partial charge in [-0.05, 0) is 25.5 Å². The van der Waals surface area contributed by atoms with Gasteiger partial charge in [0.1, 0.15) is 12.0 Å². The largest absolute Gasteiger partial charge is 0.469 e. The molecule has 76 valence electrons. The smallest absolute Gasteiger partial charge is 0.130 e. The van der Waals surface area contributed by atoms with E-state index in [0.29, 0.717) is 6.42 Å². The number of carbonyl (C=O) groups excluding carboxylic acids is 1. The predicted octanol–water partition coefficient (Wildman–Crippen LogP) is 2.99. The fourth-order valence-electron chi connectivity index (χ4n) is 1.32. The Bertz CT molecular complexity index is 298. The minimum Gasteiger partial charge on any atom is -0.469 e. The van der Waals surface area contributed by atoms with Crippen LogP contribution in [0.1, 0.15) is 26.0 Å². The molecule has 0 saturated heterocycles. The molecule has 1 aromatic rings. The zero-order valence-corrected chi connectivity index (χ0v) is 8.69. The van der Waals surface area contributed by atoms with Crippen LogP contribution in [0.4, 0.5) is 0 Å². The molecule has 0 bridgehead atoms. The molecule has 0 fully saturated rings. The molecule has 1 rings (SSSR count). The van der Waals surface area contributed by atoms with E-state index in [-0.39, 0.29) is 0 Å². The lowest BCUT2D eigenvalue weighted by Gasteiger charge is -2.16. The van der Waals surface area contributed by atoms with Gasteiger partial charge in [0.25, 0.3) is 0 Å². The summed E-state index contributed by atoms with van der Waals surface area (Å²) >= 11 is 0. The molecule has 1 aromatic heterocycles. The Morgan fingerprint density at radius 1 is 1.57 bits per heavy atom. The van der Waals surface area contributed by atoms with E-state index in [2.05, 4.69) is 6.92 Å². The Kier molecular flexibility index (Phi) is 3.69. The van der Waals surface area contributed by atoms with Gasteiger partial charge in [0, 0.05) is 11.8 Å². The Morgan fingerprint density at radius 2 is 2.36 bits per heavy atom. The van der Waals surface area contributed by atoms with Crippen molar-refractivity contribution in [2.75, 3.05) is 0 Å². The van der Waals surface area contributed by atoms with Crippen molar-refractivity contribution in [2.24, 2.45) is 5.41 Å². The lowest BCUT2D eigenvalue weighted by atomic mass is 9.87. The average Bonchev–Trinajstić information content (AvgIpc) is 2.67. The molecule has 1 atom stereocenters. The first kappa shape index (κ1) is 10.8. The molecule has 0 radical (unpaired) electrons. The first-order valence-corrected chi connectivity index (χ1v) is 4.86. The third-order valence-corrected chi connectivity index (χ3v) is 2.14. The molecule has 0 spiro atoms. The molecule has 0 aromatic carbocycles. The SMILES string of the molecule is CC/C=C/C(C)(C=O)Cc1ccco1. The standard InChI is InChI=1S/C12H16O2/c1-3-4-7-12(2,10-13)9-11-6-5-8-14-11/h4-8,10H,3,9H2,1-2H3/b7-4+.